The van der Waals surface area contributed by atoms with Crippen LogP contribution in [-0.2, 0) is 15.7 Å². The van der Waals surface area contributed by atoms with Crippen molar-refractivity contribution in [1.82, 2.24) is 0 Å². The molecule has 0 saturated carbocycles. The van der Waals surface area contributed by atoms with Crippen LogP contribution in [0.15, 0.2) is 18.2 Å². The van der Waals surface area contributed by atoms with Crippen LogP contribution in [0.2, 0.25) is 0 Å². The van der Waals surface area contributed by atoms with Crippen molar-refractivity contribution in [1.29, 1.82) is 0 Å². The number of alkyl halides is 3. The zero-order valence-corrected chi connectivity index (χ0v) is 12.6. The predicted octanol–water partition coefficient (Wildman–Crippen LogP) is 4.21. The summed E-state index contributed by atoms with van der Waals surface area (Å²) in [5.74, 6) is 0. The first-order valence-electron chi connectivity index (χ1n) is 7.03. The Hall–Kier alpha value is -1.27. The number of aryl methyl sites for hydroxylation is 1. The average molecular weight is 305 g/mol. The number of hydrogen-bond acceptors (Lipinski definition) is 3. The first-order valence-corrected chi connectivity index (χ1v) is 7.03. The van der Waals surface area contributed by atoms with Crippen LogP contribution >= 0.6 is 0 Å². The van der Waals surface area contributed by atoms with Gasteiger partial charge in [0.05, 0.1) is 5.56 Å². The minimum Gasteiger partial charge on any atom is -0.385 e. The molecule has 0 amide bonds. The van der Waals surface area contributed by atoms with Gasteiger partial charge in [-0.25, -0.2) is 0 Å². The maximum absolute atomic E-state index is 12.8. The van der Waals surface area contributed by atoms with E-state index in [0.717, 1.165) is 6.07 Å². The van der Waals surface area contributed by atoms with Gasteiger partial charge in [0.2, 0.25) is 0 Å². The standard InChI is InChI=1S/C15H22F3NO2/c1-4-20-14(21-5-2)8-9-19-12-7-6-11(3)13(10-12)15(16,17)18/h6-7,10,14,19H,4-5,8-9H2,1-3H3. The van der Waals surface area contributed by atoms with Crippen molar-refractivity contribution >= 4 is 5.69 Å². The van der Waals surface area contributed by atoms with Crippen LogP contribution in [0.4, 0.5) is 18.9 Å². The van der Waals surface area contributed by atoms with Crippen molar-refractivity contribution in [3.63, 3.8) is 0 Å². The van der Waals surface area contributed by atoms with E-state index in [1.165, 1.54) is 13.0 Å². The van der Waals surface area contributed by atoms with E-state index in [0.29, 0.717) is 31.9 Å². The third-order valence-electron chi connectivity index (χ3n) is 2.96. The number of benzene rings is 1. The van der Waals surface area contributed by atoms with Crippen molar-refractivity contribution in [2.75, 3.05) is 25.1 Å². The van der Waals surface area contributed by atoms with Gasteiger partial charge in [0.25, 0.3) is 0 Å². The Labute approximate surface area is 123 Å². The lowest BCUT2D eigenvalue weighted by Crippen LogP contribution is -2.21. The molecule has 0 fully saturated rings. The summed E-state index contributed by atoms with van der Waals surface area (Å²) in [6.45, 7) is 6.74. The largest absolute Gasteiger partial charge is 0.416 e. The molecule has 0 aliphatic carbocycles. The summed E-state index contributed by atoms with van der Waals surface area (Å²) in [6, 6.07) is 4.24. The highest BCUT2D eigenvalue weighted by atomic mass is 19.4. The Morgan fingerprint density at radius 1 is 1.14 bits per heavy atom. The number of rotatable bonds is 8. The van der Waals surface area contributed by atoms with Crippen molar-refractivity contribution in [3.8, 4) is 0 Å². The summed E-state index contributed by atoms with van der Waals surface area (Å²) >= 11 is 0. The van der Waals surface area contributed by atoms with Crippen LogP contribution in [0.3, 0.4) is 0 Å². The van der Waals surface area contributed by atoms with Crippen molar-refractivity contribution in [2.45, 2.75) is 39.7 Å². The smallest absolute Gasteiger partial charge is 0.385 e. The molecular weight excluding hydrogens is 283 g/mol. The summed E-state index contributed by atoms with van der Waals surface area (Å²) in [5.41, 5.74) is 0.0490. The van der Waals surface area contributed by atoms with Gasteiger partial charge in [-0.05, 0) is 38.5 Å². The number of nitrogens with one attached hydrogen (secondary N) is 1. The molecule has 6 heteroatoms. The van der Waals surface area contributed by atoms with Gasteiger partial charge in [-0.1, -0.05) is 6.07 Å². The Bertz CT molecular complexity index is 429. The quantitative estimate of drug-likeness (QED) is 0.730. The first-order chi connectivity index (χ1) is 9.88. The molecule has 21 heavy (non-hydrogen) atoms. The van der Waals surface area contributed by atoms with Crippen LogP contribution in [0, 0.1) is 6.92 Å². The van der Waals surface area contributed by atoms with E-state index in [1.807, 2.05) is 13.8 Å². The predicted molar refractivity (Wildman–Crippen MR) is 76.3 cm³/mol. The summed E-state index contributed by atoms with van der Waals surface area (Å²) in [4.78, 5) is 0. The molecule has 0 aliphatic heterocycles. The van der Waals surface area contributed by atoms with Crippen LogP contribution in [-0.4, -0.2) is 26.0 Å². The van der Waals surface area contributed by atoms with Gasteiger partial charge in [0.15, 0.2) is 6.29 Å². The summed E-state index contributed by atoms with van der Waals surface area (Å²) in [5, 5.41) is 2.97. The molecule has 0 aromatic heterocycles. The monoisotopic (exact) mass is 305 g/mol. The fraction of sp³-hybridized carbons (Fsp3) is 0.600. The maximum Gasteiger partial charge on any atom is 0.416 e. The maximum atomic E-state index is 12.8. The van der Waals surface area contributed by atoms with Gasteiger partial charge < -0.3 is 14.8 Å². The minimum absolute atomic E-state index is 0.217. The molecule has 1 rings (SSSR count). The molecule has 1 N–H and O–H groups in total. The van der Waals surface area contributed by atoms with Gasteiger partial charge in [0, 0.05) is 31.9 Å². The molecule has 0 unspecified atom stereocenters. The van der Waals surface area contributed by atoms with E-state index >= 15 is 0 Å². The molecule has 0 saturated heterocycles. The highest BCUT2D eigenvalue weighted by Gasteiger charge is 2.32. The zero-order valence-electron chi connectivity index (χ0n) is 12.6. The molecule has 0 radical (unpaired) electrons. The molecule has 0 aliphatic rings. The van der Waals surface area contributed by atoms with Gasteiger partial charge >= 0.3 is 6.18 Å². The molecule has 120 valence electrons. The number of ether oxygens (including phenoxy) is 2. The number of anilines is 1. The molecule has 0 spiro atoms. The van der Waals surface area contributed by atoms with Crippen LogP contribution in [0.1, 0.15) is 31.4 Å². The minimum atomic E-state index is -4.33. The SMILES string of the molecule is CCOC(CCNc1ccc(C)c(C(F)(F)F)c1)OCC. The van der Waals surface area contributed by atoms with E-state index in [-0.39, 0.29) is 11.9 Å². The van der Waals surface area contributed by atoms with Crippen molar-refractivity contribution in [2.24, 2.45) is 0 Å². The van der Waals surface area contributed by atoms with Gasteiger partial charge in [-0.2, -0.15) is 13.2 Å². The average Bonchev–Trinajstić information content (AvgIpc) is 2.40. The molecule has 3 nitrogen and oxygen atoms in total. The lowest BCUT2D eigenvalue weighted by Gasteiger charge is -2.18. The third-order valence-corrected chi connectivity index (χ3v) is 2.96. The molecular formula is C15H22F3NO2. The second-order valence-electron chi connectivity index (χ2n) is 4.58. The molecule has 0 atom stereocenters. The second kappa shape index (κ2) is 8.24. The Morgan fingerprint density at radius 3 is 2.29 bits per heavy atom. The Morgan fingerprint density at radius 2 is 1.76 bits per heavy atom. The fourth-order valence-corrected chi connectivity index (χ4v) is 1.96. The first kappa shape index (κ1) is 17.8. The second-order valence-corrected chi connectivity index (χ2v) is 4.58. The molecule has 0 bridgehead atoms. The summed E-state index contributed by atoms with van der Waals surface area (Å²) < 4.78 is 49.2. The molecule has 1 aromatic rings. The lowest BCUT2D eigenvalue weighted by molar-refractivity contribution is -0.138. The Balaban J connectivity index is 2.59. The summed E-state index contributed by atoms with van der Waals surface area (Å²) in [6.07, 6.45) is -4.10. The fourth-order valence-electron chi connectivity index (χ4n) is 1.96. The highest BCUT2D eigenvalue weighted by Crippen LogP contribution is 2.33. The normalized spacial score (nSPS) is 12.0. The van der Waals surface area contributed by atoms with E-state index in [4.69, 9.17) is 9.47 Å². The number of halogens is 3. The Kier molecular flexibility index (Phi) is 6.98. The van der Waals surface area contributed by atoms with Crippen LogP contribution < -0.4 is 5.32 Å². The van der Waals surface area contributed by atoms with Crippen LogP contribution in [0.5, 0.6) is 0 Å². The van der Waals surface area contributed by atoms with E-state index in [1.54, 1.807) is 6.07 Å². The summed E-state index contributed by atoms with van der Waals surface area (Å²) in [7, 11) is 0. The van der Waals surface area contributed by atoms with Gasteiger partial charge in [0.1, 0.15) is 0 Å². The molecule has 0 heterocycles. The van der Waals surface area contributed by atoms with Crippen LogP contribution in [0.25, 0.3) is 0 Å². The molecule has 1 aromatic carbocycles. The highest BCUT2D eigenvalue weighted by molar-refractivity contribution is 5.49. The van der Waals surface area contributed by atoms with E-state index < -0.39 is 11.7 Å². The topological polar surface area (TPSA) is 30.5 Å². The number of hydrogen-bond donors (Lipinski definition) is 1. The zero-order chi connectivity index (χ0) is 15.9. The van der Waals surface area contributed by atoms with Gasteiger partial charge in [-0.15, -0.1) is 0 Å². The van der Waals surface area contributed by atoms with E-state index in [9.17, 15) is 13.2 Å². The third kappa shape index (κ3) is 5.93. The van der Waals surface area contributed by atoms with Crippen molar-refractivity contribution in [3.05, 3.63) is 29.3 Å². The van der Waals surface area contributed by atoms with E-state index in [2.05, 4.69) is 5.32 Å². The lowest BCUT2D eigenvalue weighted by atomic mass is 10.1. The van der Waals surface area contributed by atoms with Crippen molar-refractivity contribution < 1.29 is 22.6 Å². The van der Waals surface area contributed by atoms with Gasteiger partial charge in [-0.3, -0.25) is 0 Å².